The molecule has 0 saturated carbocycles. The molecule has 1 aliphatic heterocycles. The van der Waals surface area contributed by atoms with Gasteiger partial charge in [0, 0.05) is 43.7 Å². The van der Waals surface area contributed by atoms with E-state index in [9.17, 15) is 0 Å². The Balaban J connectivity index is 1.34. The standard InChI is InChI=1S/C42H31N3O/c1-41(2)32-19-11-9-18-30(32)36-38(41)42(3)24-23-29-28-17-10-12-20-33(28)46-37(29)39(42)45(36)40-43-34(26-14-5-4-6-15-26)31-22-21-25-13-7-8-16-27(25)35(31)44-40/h4-24,39H,1-3H3. The Morgan fingerprint density at radius 1 is 0.696 bits per heavy atom. The lowest BCUT2D eigenvalue weighted by atomic mass is 9.64. The van der Waals surface area contributed by atoms with E-state index in [0.717, 1.165) is 55.2 Å². The summed E-state index contributed by atoms with van der Waals surface area (Å²) in [6.07, 6.45) is 4.70. The normalized spacial score (nSPS) is 20.8. The van der Waals surface area contributed by atoms with Crippen LogP contribution in [0.2, 0.25) is 0 Å². The average Bonchev–Trinajstić information content (AvgIpc) is 3.69. The van der Waals surface area contributed by atoms with Crippen molar-refractivity contribution in [1.29, 1.82) is 0 Å². The molecule has 2 aromatic heterocycles. The highest BCUT2D eigenvalue weighted by Crippen LogP contribution is 2.68. The third-order valence-corrected chi connectivity index (χ3v) is 10.7. The molecule has 0 saturated heterocycles. The number of aromatic nitrogens is 2. The van der Waals surface area contributed by atoms with Crippen molar-refractivity contribution in [2.24, 2.45) is 5.41 Å². The summed E-state index contributed by atoms with van der Waals surface area (Å²) >= 11 is 0. The number of nitrogens with zero attached hydrogens (tertiary/aromatic N) is 3. The second kappa shape index (κ2) is 8.82. The van der Waals surface area contributed by atoms with E-state index in [1.54, 1.807) is 0 Å². The van der Waals surface area contributed by atoms with Crippen LogP contribution in [0.25, 0.3) is 55.7 Å². The van der Waals surface area contributed by atoms with Crippen LogP contribution in [0.5, 0.6) is 0 Å². The summed E-state index contributed by atoms with van der Waals surface area (Å²) in [6.45, 7) is 7.11. The lowest BCUT2D eigenvalue weighted by Gasteiger charge is -2.42. The summed E-state index contributed by atoms with van der Waals surface area (Å²) in [5.74, 6) is 1.66. The molecule has 3 aliphatic rings. The van der Waals surface area contributed by atoms with Gasteiger partial charge in [0.05, 0.1) is 16.9 Å². The van der Waals surface area contributed by atoms with Crippen molar-refractivity contribution in [2.45, 2.75) is 32.2 Å². The maximum Gasteiger partial charge on any atom is 0.231 e. The van der Waals surface area contributed by atoms with E-state index in [0.29, 0.717) is 5.95 Å². The van der Waals surface area contributed by atoms with Gasteiger partial charge in [0.15, 0.2) is 0 Å². The van der Waals surface area contributed by atoms with E-state index < -0.39 is 0 Å². The van der Waals surface area contributed by atoms with E-state index in [1.807, 2.05) is 6.07 Å². The quantitative estimate of drug-likeness (QED) is 0.187. The Hall–Kier alpha value is -5.48. The number of fused-ring (bicyclic) bond motifs is 11. The van der Waals surface area contributed by atoms with Gasteiger partial charge >= 0.3 is 0 Å². The van der Waals surface area contributed by atoms with Crippen LogP contribution in [-0.4, -0.2) is 9.97 Å². The molecule has 3 heterocycles. The zero-order chi connectivity index (χ0) is 30.8. The van der Waals surface area contributed by atoms with Gasteiger partial charge < -0.3 is 4.42 Å². The largest absolute Gasteiger partial charge is 0.458 e. The number of furan rings is 1. The zero-order valence-electron chi connectivity index (χ0n) is 26.0. The number of benzene rings is 5. The van der Waals surface area contributed by atoms with Crippen LogP contribution in [0.3, 0.4) is 0 Å². The zero-order valence-corrected chi connectivity index (χ0v) is 26.0. The summed E-state index contributed by atoms with van der Waals surface area (Å²) in [6, 6.07) is 40.5. The van der Waals surface area contributed by atoms with Crippen LogP contribution in [-0.2, 0) is 5.41 Å². The molecule has 2 atom stereocenters. The topological polar surface area (TPSA) is 42.2 Å². The Morgan fingerprint density at radius 2 is 1.43 bits per heavy atom. The summed E-state index contributed by atoms with van der Waals surface area (Å²) in [5, 5.41) is 4.47. The molecule has 46 heavy (non-hydrogen) atoms. The molecule has 0 fully saturated rings. The van der Waals surface area contributed by atoms with Gasteiger partial charge in [-0.05, 0) is 35.6 Å². The molecule has 2 aliphatic carbocycles. The van der Waals surface area contributed by atoms with Gasteiger partial charge in [-0.25, -0.2) is 9.97 Å². The van der Waals surface area contributed by atoms with E-state index in [2.05, 4.69) is 147 Å². The van der Waals surface area contributed by atoms with Crippen molar-refractivity contribution in [3.8, 4) is 11.3 Å². The first-order valence-electron chi connectivity index (χ1n) is 16.0. The lowest BCUT2D eigenvalue weighted by Crippen LogP contribution is -2.38. The average molecular weight is 594 g/mol. The van der Waals surface area contributed by atoms with Crippen LogP contribution in [0.4, 0.5) is 5.95 Å². The van der Waals surface area contributed by atoms with Crippen LogP contribution >= 0.6 is 0 Å². The molecular weight excluding hydrogens is 562 g/mol. The van der Waals surface area contributed by atoms with Gasteiger partial charge in [0.1, 0.15) is 17.4 Å². The maximum absolute atomic E-state index is 6.84. The summed E-state index contributed by atoms with van der Waals surface area (Å²) in [4.78, 5) is 13.4. The predicted octanol–water partition coefficient (Wildman–Crippen LogP) is 10.5. The van der Waals surface area contributed by atoms with Crippen LogP contribution < -0.4 is 4.90 Å². The Kier molecular flexibility index (Phi) is 4.95. The fourth-order valence-electron chi connectivity index (χ4n) is 8.78. The fraction of sp³-hybridized carbons (Fsp3) is 0.143. The number of hydrogen-bond donors (Lipinski definition) is 0. The van der Waals surface area contributed by atoms with Crippen molar-refractivity contribution < 1.29 is 4.42 Å². The highest BCUT2D eigenvalue weighted by atomic mass is 16.3. The molecular formula is C42H31N3O. The minimum Gasteiger partial charge on any atom is -0.458 e. The predicted molar refractivity (Wildman–Crippen MR) is 187 cm³/mol. The molecule has 0 bridgehead atoms. The Morgan fingerprint density at radius 3 is 2.30 bits per heavy atom. The van der Waals surface area contributed by atoms with Gasteiger partial charge in [0.25, 0.3) is 0 Å². The fourth-order valence-corrected chi connectivity index (χ4v) is 8.78. The maximum atomic E-state index is 6.84. The van der Waals surface area contributed by atoms with Crippen molar-refractivity contribution in [2.75, 3.05) is 4.90 Å². The van der Waals surface area contributed by atoms with E-state index >= 15 is 0 Å². The first-order valence-corrected chi connectivity index (χ1v) is 16.0. The van der Waals surface area contributed by atoms with E-state index in [1.165, 1.54) is 22.4 Å². The molecule has 5 aromatic carbocycles. The molecule has 4 heteroatoms. The number of rotatable bonds is 2. The minimum atomic E-state index is -0.358. The highest BCUT2D eigenvalue weighted by Gasteiger charge is 2.60. The van der Waals surface area contributed by atoms with Crippen molar-refractivity contribution in [1.82, 2.24) is 9.97 Å². The molecule has 2 unspecified atom stereocenters. The second-order valence-electron chi connectivity index (χ2n) is 13.6. The summed E-state index contributed by atoms with van der Waals surface area (Å²) in [5.41, 5.74) is 9.62. The Labute approximate surface area is 267 Å². The number of anilines is 1. The van der Waals surface area contributed by atoms with Gasteiger partial charge in [-0.15, -0.1) is 0 Å². The SMILES string of the molecule is CC1(C)C2=C(c3ccccc31)N(c1nc(-c3ccccc3)c3ccc4ccccc4c3n1)C1c3oc4ccccc4c3C=CC21C. The summed E-state index contributed by atoms with van der Waals surface area (Å²) in [7, 11) is 0. The van der Waals surface area contributed by atoms with E-state index in [4.69, 9.17) is 14.4 Å². The van der Waals surface area contributed by atoms with Crippen molar-refractivity contribution in [3.63, 3.8) is 0 Å². The molecule has 0 spiro atoms. The van der Waals surface area contributed by atoms with Crippen molar-refractivity contribution in [3.05, 3.63) is 149 Å². The first kappa shape index (κ1) is 25.8. The third-order valence-electron chi connectivity index (χ3n) is 10.7. The van der Waals surface area contributed by atoms with Gasteiger partial charge in [0.2, 0.25) is 5.95 Å². The monoisotopic (exact) mass is 593 g/mol. The highest BCUT2D eigenvalue weighted by molar-refractivity contribution is 6.10. The molecule has 0 amide bonds. The summed E-state index contributed by atoms with van der Waals surface area (Å²) < 4.78 is 6.84. The molecule has 10 rings (SSSR count). The van der Waals surface area contributed by atoms with Crippen LogP contribution in [0.15, 0.2) is 131 Å². The third kappa shape index (κ3) is 3.18. The molecule has 7 aromatic rings. The van der Waals surface area contributed by atoms with E-state index in [-0.39, 0.29) is 16.9 Å². The first-order chi connectivity index (χ1) is 22.4. The lowest BCUT2D eigenvalue weighted by molar-refractivity contribution is 0.335. The van der Waals surface area contributed by atoms with Gasteiger partial charge in [-0.1, -0.05) is 129 Å². The van der Waals surface area contributed by atoms with Gasteiger partial charge in [-0.2, -0.15) is 0 Å². The van der Waals surface area contributed by atoms with Crippen LogP contribution in [0, 0.1) is 5.41 Å². The Bertz CT molecular complexity index is 2480. The number of hydrogen-bond acceptors (Lipinski definition) is 4. The smallest absolute Gasteiger partial charge is 0.231 e. The minimum absolute atomic E-state index is 0.159. The molecule has 4 nitrogen and oxygen atoms in total. The molecule has 220 valence electrons. The second-order valence-corrected chi connectivity index (χ2v) is 13.6. The number of para-hydroxylation sites is 1. The van der Waals surface area contributed by atoms with Gasteiger partial charge in [-0.3, -0.25) is 4.90 Å². The molecule has 0 radical (unpaired) electrons. The van der Waals surface area contributed by atoms with Crippen molar-refractivity contribution >= 4 is 50.4 Å². The van der Waals surface area contributed by atoms with Crippen LogP contribution in [0.1, 0.15) is 49.3 Å². The molecule has 0 N–H and O–H groups in total.